The molecule has 1 heteroatoms. The van der Waals surface area contributed by atoms with Crippen LogP contribution in [-0.2, 0) is 5.41 Å². The Bertz CT molecular complexity index is 327. The van der Waals surface area contributed by atoms with Gasteiger partial charge in [0.1, 0.15) is 0 Å². The minimum Gasteiger partial charge on any atom is -0.385 e. The van der Waals surface area contributed by atoms with Gasteiger partial charge >= 0.3 is 0 Å². The van der Waals surface area contributed by atoms with E-state index >= 15 is 0 Å². The summed E-state index contributed by atoms with van der Waals surface area (Å²) in [5, 5.41) is 3.53. The number of anilines is 1. The molecule has 16 heavy (non-hydrogen) atoms. The maximum Gasteiger partial charge on any atom is 0.0340 e. The van der Waals surface area contributed by atoms with Crippen LogP contribution in [-0.4, -0.2) is 6.54 Å². The van der Waals surface area contributed by atoms with Crippen molar-refractivity contribution in [2.45, 2.75) is 45.4 Å². The quantitative estimate of drug-likeness (QED) is 0.800. The standard InChI is InChI=1S/C15H23N/c1-15(2,3)13-7-9-14(10-8-13)16-11-12-5-4-6-12/h7-10,12,16H,4-6,11H2,1-3H3. The summed E-state index contributed by atoms with van der Waals surface area (Å²) < 4.78 is 0. The second-order valence-corrected chi connectivity index (χ2v) is 6.01. The van der Waals surface area contributed by atoms with Crippen molar-refractivity contribution < 1.29 is 0 Å². The van der Waals surface area contributed by atoms with Gasteiger partial charge in [0.05, 0.1) is 0 Å². The third kappa shape index (κ3) is 2.78. The van der Waals surface area contributed by atoms with Crippen LogP contribution >= 0.6 is 0 Å². The third-order valence-electron chi connectivity index (χ3n) is 3.57. The maximum absolute atomic E-state index is 3.53. The zero-order chi connectivity index (χ0) is 11.6. The molecule has 0 aliphatic heterocycles. The second-order valence-electron chi connectivity index (χ2n) is 6.01. The summed E-state index contributed by atoms with van der Waals surface area (Å²) >= 11 is 0. The van der Waals surface area contributed by atoms with Crippen molar-refractivity contribution in [3.8, 4) is 0 Å². The van der Waals surface area contributed by atoms with Crippen molar-refractivity contribution in [3.63, 3.8) is 0 Å². The number of benzene rings is 1. The van der Waals surface area contributed by atoms with Gasteiger partial charge in [-0.05, 0) is 41.9 Å². The zero-order valence-corrected chi connectivity index (χ0v) is 10.7. The molecule has 0 aromatic heterocycles. The average molecular weight is 217 g/mol. The largest absolute Gasteiger partial charge is 0.385 e. The van der Waals surface area contributed by atoms with E-state index in [1.807, 2.05) is 0 Å². The lowest BCUT2D eigenvalue weighted by Crippen LogP contribution is -2.20. The Labute approximate surface area is 99.3 Å². The van der Waals surface area contributed by atoms with Gasteiger partial charge < -0.3 is 5.32 Å². The molecule has 0 spiro atoms. The fourth-order valence-electron chi connectivity index (χ4n) is 2.05. The highest BCUT2D eigenvalue weighted by atomic mass is 14.9. The van der Waals surface area contributed by atoms with Gasteiger partial charge in [0.15, 0.2) is 0 Å². The van der Waals surface area contributed by atoms with E-state index in [2.05, 4.69) is 50.4 Å². The van der Waals surface area contributed by atoms with E-state index in [9.17, 15) is 0 Å². The van der Waals surface area contributed by atoms with E-state index in [1.165, 1.54) is 30.5 Å². The number of rotatable bonds is 3. The summed E-state index contributed by atoms with van der Waals surface area (Å²) in [5.74, 6) is 0.919. The fraction of sp³-hybridized carbons (Fsp3) is 0.600. The molecule has 0 saturated heterocycles. The Morgan fingerprint density at radius 3 is 2.19 bits per heavy atom. The summed E-state index contributed by atoms with van der Waals surface area (Å²) in [6.07, 6.45) is 4.25. The minimum absolute atomic E-state index is 0.256. The highest BCUT2D eigenvalue weighted by Crippen LogP contribution is 2.27. The zero-order valence-electron chi connectivity index (χ0n) is 10.7. The Morgan fingerprint density at radius 1 is 1.12 bits per heavy atom. The molecule has 1 aliphatic rings. The van der Waals surface area contributed by atoms with Gasteiger partial charge in [-0.1, -0.05) is 39.3 Å². The van der Waals surface area contributed by atoms with Crippen molar-refractivity contribution in [1.29, 1.82) is 0 Å². The second kappa shape index (κ2) is 4.48. The number of nitrogens with one attached hydrogen (secondary N) is 1. The molecule has 0 atom stereocenters. The van der Waals surface area contributed by atoms with Crippen molar-refractivity contribution in [3.05, 3.63) is 29.8 Å². The van der Waals surface area contributed by atoms with E-state index in [-0.39, 0.29) is 5.41 Å². The Kier molecular flexibility index (Phi) is 3.22. The first-order valence-electron chi connectivity index (χ1n) is 6.40. The smallest absolute Gasteiger partial charge is 0.0340 e. The molecule has 0 bridgehead atoms. The van der Waals surface area contributed by atoms with Crippen LogP contribution in [0, 0.1) is 5.92 Å². The molecule has 1 saturated carbocycles. The fourth-order valence-corrected chi connectivity index (χ4v) is 2.05. The van der Waals surface area contributed by atoms with Crippen LogP contribution in [0.2, 0.25) is 0 Å². The summed E-state index contributed by atoms with van der Waals surface area (Å²) in [7, 11) is 0. The summed E-state index contributed by atoms with van der Waals surface area (Å²) in [4.78, 5) is 0. The monoisotopic (exact) mass is 217 g/mol. The van der Waals surface area contributed by atoms with Gasteiger partial charge in [0.2, 0.25) is 0 Å². The van der Waals surface area contributed by atoms with Crippen LogP contribution in [0.4, 0.5) is 5.69 Å². The number of hydrogen-bond donors (Lipinski definition) is 1. The van der Waals surface area contributed by atoms with Crippen LogP contribution in [0.15, 0.2) is 24.3 Å². The lowest BCUT2D eigenvalue weighted by Gasteiger charge is -2.26. The molecule has 0 amide bonds. The Morgan fingerprint density at radius 2 is 1.75 bits per heavy atom. The van der Waals surface area contributed by atoms with Crippen molar-refractivity contribution in [2.24, 2.45) is 5.92 Å². The van der Waals surface area contributed by atoms with Gasteiger partial charge in [-0.25, -0.2) is 0 Å². The van der Waals surface area contributed by atoms with Crippen LogP contribution in [0.1, 0.15) is 45.6 Å². The molecule has 1 fully saturated rings. The molecule has 0 radical (unpaired) electrons. The first kappa shape index (κ1) is 11.5. The molecule has 88 valence electrons. The van der Waals surface area contributed by atoms with Gasteiger partial charge in [-0.2, -0.15) is 0 Å². The van der Waals surface area contributed by atoms with Gasteiger partial charge in [-0.3, -0.25) is 0 Å². The predicted molar refractivity (Wildman–Crippen MR) is 71.0 cm³/mol. The molecule has 1 aromatic rings. The summed E-state index contributed by atoms with van der Waals surface area (Å²) in [6.45, 7) is 7.91. The molecular formula is C15H23N. The summed E-state index contributed by atoms with van der Waals surface area (Å²) in [5.41, 5.74) is 2.92. The Hall–Kier alpha value is -0.980. The lowest BCUT2D eigenvalue weighted by molar-refractivity contribution is 0.333. The normalized spacial score (nSPS) is 16.9. The predicted octanol–water partition coefficient (Wildman–Crippen LogP) is 4.20. The summed E-state index contributed by atoms with van der Waals surface area (Å²) in [6, 6.07) is 8.89. The first-order valence-corrected chi connectivity index (χ1v) is 6.40. The molecule has 0 unspecified atom stereocenters. The van der Waals surface area contributed by atoms with E-state index in [4.69, 9.17) is 0 Å². The molecule has 0 heterocycles. The van der Waals surface area contributed by atoms with Crippen molar-refractivity contribution in [1.82, 2.24) is 0 Å². The number of hydrogen-bond acceptors (Lipinski definition) is 1. The van der Waals surface area contributed by atoms with E-state index in [0.29, 0.717) is 0 Å². The van der Waals surface area contributed by atoms with Gasteiger partial charge in [-0.15, -0.1) is 0 Å². The lowest BCUT2D eigenvalue weighted by atomic mass is 9.85. The Balaban J connectivity index is 1.91. The van der Waals surface area contributed by atoms with E-state index in [0.717, 1.165) is 12.5 Å². The highest BCUT2D eigenvalue weighted by Gasteiger charge is 2.17. The average Bonchev–Trinajstić information content (AvgIpc) is 2.15. The van der Waals surface area contributed by atoms with Crippen LogP contribution in [0.25, 0.3) is 0 Å². The molecular weight excluding hydrogens is 194 g/mol. The molecule has 1 nitrogen and oxygen atoms in total. The van der Waals surface area contributed by atoms with Crippen LogP contribution in [0.5, 0.6) is 0 Å². The molecule has 1 aromatic carbocycles. The van der Waals surface area contributed by atoms with E-state index < -0.39 is 0 Å². The maximum atomic E-state index is 3.53. The first-order chi connectivity index (χ1) is 7.55. The van der Waals surface area contributed by atoms with Crippen LogP contribution in [0.3, 0.4) is 0 Å². The SMILES string of the molecule is CC(C)(C)c1ccc(NCC2CCC2)cc1. The molecule has 2 rings (SSSR count). The van der Waals surface area contributed by atoms with Crippen molar-refractivity contribution >= 4 is 5.69 Å². The highest BCUT2D eigenvalue weighted by molar-refractivity contribution is 5.45. The van der Waals surface area contributed by atoms with Gasteiger partial charge in [0.25, 0.3) is 0 Å². The van der Waals surface area contributed by atoms with Crippen molar-refractivity contribution in [2.75, 3.05) is 11.9 Å². The molecule has 1 N–H and O–H groups in total. The molecule has 1 aliphatic carbocycles. The van der Waals surface area contributed by atoms with Gasteiger partial charge in [0, 0.05) is 12.2 Å². The minimum atomic E-state index is 0.256. The topological polar surface area (TPSA) is 12.0 Å². The van der Waals surface area contributed by atoms with E-state index in [1.54, 1.807) is 0 Å². The third-order valence-corrected chi connectivity index (χ3v) is 3.57. The van der Waals surface area contributed by atoms with Crippen LogP contribution < -0.4 is 5.32 Å².